The maximum absolute atomic E-state index is 11.2. The molecule has 0 bridgehead atoms. The molecule has 1 aromatic heterocycles. The first-order valence-corrected chi connectivity index (χ1v) is 5.02. The van der Waals surface area contributed by atoms with Gasteiger partial charge < -0.3 is 9.15 Å². The lowest BCUT2D eigenvalue weighted by Gasteiger charge is -1.99. The molecule has 15 heavy (non-hydrogen) atoms. The van der Waals surface area contributed by atoms with Crippen molar-refractivity contribution >= 4 is 11.9 Å². The molecule has 4 nitrogen and oxygen atoms in total. The minimum absolute atomic E-state index is 0.0545. The van der Waals surface area contributed by atoms with Gasteiger partial charge in [0.15, 0.2) is 0 Å². The molecule has 0 radical (unpaired) electrons. The lowest BCUT2D eigenvalue weighted by molar-refractivity contribution is -0.138. The summed E-state index contributed by atoms with van der Waals surface area (Å²) in [4.78, 5) is 22.4. The largest absolute Gasteiger partial charge is 0.457 e. The number of furan rings is 1. The van der Waals surface area contributed by atoms with Crippen LogP contribution < -0.4 is 0 Å². The first kappa shape index (κ1) is 11.5. The molecule has 0 unspecified atom stereocenters. The second kappa shape index (κ2) is 6.01. The Kier molecular flexibility index (Phi) is 4.60. The molecule has 4 heteroatoms. The molecule has 1 aromatic rings. The van der Waals surface area contributed by atoms with Crippen LogP contribution in [0.15, 0.2) is 22.8 Å². The first-order chi connectivity index (χ1) is 7.24. The van der Waals surface area contributed by atoms with Crippen molar-refractivity contribution in [2.45, 2.75) is 32.6 Å². The minimum atomic E-state index is -0.721. The maximum atomic E-state index is 11.2. The molecule has 0 fully saturated rings. The number of ether oxygens (including phenoxy) is 1. The summed E-state index contributed by atoms with van der Waals surface area (Å²) in [7, 11) is 0. The average molecular weight is 210 g/mol. The van der Waals surface area contributed by atoms with Crippen LogP contribution in [-0.4, -0.2) is 11.9 Å². The Morgan fingerprint density at radius 3 is 2.80 bits per heavy atom. The van der Waals surface area contributed by atoms with Gasteiger partial charge in [0.05, 0.1) is 6.26 Å². The van der Waals surface area contributed by atoms with Gasteiger partial charge in [0, 0.05) is 6.42 Å². The highest BCUT2D eigenvalue weighted by Gasteiger charge is 2.14. The Bertz CT molecular complexity index is 313. The summed E-state index contributed by atoms with van der Waals surface area (Å²) in [5, 5.41) is 0. The van der Waals surface area contributed by atoms with Crippen molar-refractivity contribution in [1.29, 1.82) is 0 Å². The van der Waals surface area contributed by atoms with Crippen LogP contribution in [0.25, 0.3) is 0 Å². The zero-order valence-electron chi connectivity index (χ0n) is 8.69. The van der Waals surface area contributed by atoms with Gasteiger partial charge in [-0.05, 0) is 18.6 Å². The summed E-state index contributed by atoms with van der Waals surface area (Å²) in [6, 6.07) is 3.03. The molecule has 0 aliphatic carbocycles. The standard InChI is InChI=1S/C11H14O4/c1-2-3-4-7-10(12)15-11(13)9-6-5-8-14-9/h5-6,8H,2-4,7H2,1H3. The van der Waals surface area contributed by atoms with Crippen LogP contribution in [0, 0.1) is 0 Å². The Labute approximate surface area is 88.2 Å². The van der Waals surface area contributed by atoms with E-state index in [-0.39, 0.29) is 12.2 Å². The van der Waals surface area contributed by atoms with Crippen molar-refractivity contribution in [3.8, 4) is 0 Å². The number of esters is 2. The van der Waals surface area contributed by atoms with Crippen molar-refractivity contribution in [2.24, 2.45) is 0 Å². The number of rotatable bonds is 5. The molecule has 1 heterocycles. The van der Waals surface area contributed by atoms with Crippen LogP contribution in [0.2, 0.25) is 0 Å². The van der Waals surface area contributed by atoms with Crippen LogP contribution in [-0.2, 0) is 9.53 Å². The van der Waals surface area contributed by atoms with Gasteiger partial charge in [0.1, 0.15) is 0 Å². The first-order valence-electron chi connectivity index (χ1n) is 5.02. The van der Waals surface area contributed by atoms with E-state index in [1.807, 2.05) is 6.92 Å². The molecule has 0 amide bonds. The summed E-state index contributed by atoms with van der Waals surface area (Å²) in [6.45, 7) is 2.04. The van der Waals surface area contributed by atoms with Crippen molar-refractivity contribution in [1.82, 2.24) is 0 Å². The van der Waals surface area contributed by atoms with Crippen LogP contribution in [0.3, 0.4) is 0 Å². The summed E-state index contributed by atoms with van der Waals surface area (Å²) in [5.41, 5.74) is 0. The molecule has 0 aliphatic rings. The monoisotopic (exact) mass is 210 g/mol. The summed E-state index contributed by atoms with van der Waals surface area (Å²) in [5.74, 6) is -1.16. The fourth-order valence-electron chi connectivity index (χ4n) is 1.12. The van der Waals surface area contributed by atoms with E-state index in [1.165, 1.54) is 12.3 Å². The van der Waals surface area contributed by atoms with Crippen LogP contribution in [0.1, 0.15) is 43.2 Å². The summed E-state index contributed by atoms with van der Waals surface area (Å²) >= 11 is 0. The molecule has 82 valence electrons. The average Bonchev–Trinajstić information content (AvgIpc) is 2.70. The van der Waals surface area contributed by atoms with Gasteiger partial charge in [-0.2, -0.15) is 0 Å². The molecule has 0 saturated heterocycles. The van der Waals surface area contributed by atoms with Crippen molar-refractivity contribution in [2.75, 3.05) is 0 Å². The molecular weight excluding hydrogens is 196 g/mol. The molecular formula is C11H14O4. The normalized spacial score (nSPS) is 9.93. The lowest BCUT2D eigenvalue weighted by Crippen LogP contribution is -2.11. The smallest absolute Gasteiger partial charge is 0.381 e. The van der Waals surface area contributed by atoms with Gasteiger partial charge in [-0.1, -0.05) is 19.8 Å². The third kappa shape index (κ3) is 3.97. The van der Waals surface area contributed by atoms with Gasteiger partial charge in [-0.25, -0.2) is 4.79 Å². The zero-order chi connectivity index (χ0) is 11.1. The Morgan fingerprint density at radius 1 is 1.40 bits per heavy atom. The second-order valence-corrected chi connectivity index (χ2v) is 3.20. The predicted octanol–water partition coefficient (Wildman–Crippen LogP) is 2.54. The fraction of sp³-hybridized carbons (Fsp3) is 0.455. The second-order valence-electron chi connectivity index (χ2n) is 3.20. The Hall–Kier alpha value is -1.58. The zero-order valence-corrected chi connectivity index (χ0v) is 8.69. The number of hydrogen-bond donors (Lipinski definition) is 0. The van der Waals surface area contributed by atoms with Crippen LogP contribution in [0.5, 0.6) is 0 Å². The molecule has 0 atom stereocenters. The van der Waals surface area contributed by atoms with Gasteiger partial charge in [-0.15, -0.1) is 0 Å². The van der Waals surface area contributed by atoms with Crippen LogP contribution in [0.4, 0.5) is 0 Å². The highest BCUT2D eigenvalue weighted by Crippen LogP contribution is 2.05. The molecule has 0 N–H and O–H groups in total. The number of hydrogen-bond acceptors (Lipinski definition) is 4. The van der Waals surface area contributed by atoms with E-state index in [0.29, 0.717) is 0 Å². The van der Waals surface area contributed by atoms with E-state index in [4.69, 9.17) is 4.42 Å². The Morgan fingerprint density at radius 2 is 2.20 bits per heavy atom. The van der Waals surface area contributed by atoms with Gasteiger partial charge >= 0.3 is 11.9 Å². The van der Waals surface area contributed by atoms with Gasteiger partial charge in [0.25, 0.3) is 0 Å². The third-order valence-electron chi connectivity index (χ3n) is 1.91. The van der Waals surface area contributed by atoms with Gasteiger partial charge in [-0.3, -0.25) is 4.79 Å². The molecule has 0 aromatic carbocycles. The summed E-state index contributed by atoms with van der Waals surface area (Å²) < 4.78 is 9.36. The Balaban J connectivity index is 2.29. The summed E-state index contributed by atoms with van der Waals surface area (Å²) in [6.07, 6.45) is 4.38. The van der Waals surface area contributed by atoms with E-state index in [0.717, 1.165) is 19.3 Å². The topological polar surface area (TPSA) is 56.5 Å². The van der Waals surface area contributed by atoms with E-state index in [2.05, 4.69) is 4.74 Å². The number of carbonyl (C=O) groups excluding carboxylic acids is 2. The lowest BCUT2D eigenvalue weighted by atomic mass is 10.2. The molecule has 0 aliphatic heterocycles. The van der Waals surface area contributed by atoms with Crippen molar-refractivity contribution in [3.63, 3.8) is 0 Å². The highest BCUT2D eigenvalue weighted by molar-refractivity contribution is 5.94. The SMILES string of the molecule is CCCCCC(=O)OC(=O)c1ccco1. The predicted molar refractivity (Wildman–Crippen MR) is 53.3 cm³/mol. The highest BCUT2D eigenvalue weighted by atomic mass is 16.6. The van der Waals surface area contributed by atoms with Crippen molar-refractivity contribution in [3.05, 3.63) is 24.2 Å². The molecule has 0 saturated carbocycles. The van der Waals surface area contributed by atoms with E-state index in [9.17, 15) is 9.59 Å². The molecule has 0 spiro atoms. The fourth-order valence-corrected chi connectivity index (χ4v) is 1.12. The quantitative estimate of drug-likeness (QED) is 0.425. The van der Waals surface area contributed by atoms with Gasteiger partial charge in [0.2, 0.25) is 5.76 Å². The third-order valence-corrected chi connectivity index (χ3v) is 1.91. The van der Waals surface area contributed by atoms with E-state index >= 15 is 0 Å². The minimum Gasteiger partial charge on any atom is -0.457 e. The number of unbranched alkanes of at least 4 members (excludes halogenated alkanes) is 2. The van der Waals surface area contributed by atoms with Crippen molar-refractivity contribution < 1.29 is 18.7 Å². The van der Waals surface area contributed by atoms with Crippen LogP contribution >= 0.6 is 0 Å². The number of carbonyl (C=O) groups is 2. The van der Waals surface area contributed by atoms with E-state index in [1.54, 1.807) is 6.07 Å². The maximum Gasteiger partial charge on any atom is 0.381 e. The van der Waals surface area contributed by atoms with E-state index < -0.39 is 11.9 Å². The molecule has 1 rings (SSSR count).